The van der Waals surface area contributed by atoms with Gasteiger partial charge in [-0.05, 0) is 30.3 Å². The second-order valence-electron chi connectivity index (χ2n) is 6.83. The lowest BCUT2D eigenvalue weighted by atomic mass is 10.1. The number of nitrogens with zero attached hydrogens (tertiary/aromatic N) is 4. The van der Waals surface area contributed by atoms with E-state index in [2.05, 4.69) is 15.4 Å². The molecule has 1 unspecified atom stereocenters. The predicted octanol–water partition coefficient (Wildman–Crippen LogP) is 1.03. The minimum absolute atomic E-state index is 0.0398. The van der Waals surface area contributed by atoms with Gasteiger partial charge in [0.25, 0.3) is 11.8 Å². The zero-order valence-corrected chi connectivity index (χ0v) is 15.8. The van der Waals surface area contributed by atoms with Crippen LogP contribution < -0.4 is 20.7 Å². The maximum atomic E-state index is 13.2. The number of carbonyl (C=O) groups excluding carboxylic acids is 2. The number of hydrazine groups is 1. The standard InChI is InChI=1S/C22H17N5O3/c28-21-18(14-30-17-11-12-19-20(13-17)24-25-23-19)22(29)27(16-9-5-2-6-10-16)26(21)15-7-3-1-4-8-15/h1-10,12-14,17H,11H2,(H,23,24). The van der Waals surface area contributed by atoms with E-state index >= 15 is 0 Å². The fourth-order valence-corrected chi connectivity index (χ4v) is 3.45. The molecular formula is C22H17N5O3. The predicted molar refractivity (Wildman–Crippen MR) is 110 cm³/mol. The van der Waals surface area contributed by atoms with Gasteiger partial charge >= 0.3 is 0 Å². The van der Waals surface area contributed by atoms with Crippen molar-refractivity contribution in [3.63, 3.8) is 0 Å². The lowest BCUT2D eigenvalue weighted by Crippen LogP contribution is -2.41. The van der Waals surface area contributed by atoms with Crippen molar-refractivity contribution >= 4 is 35.3 Å². The van der Waals surface area contributed by atoms with Crippen molar-refractivity contribution in [2.45, 2.75) is 12.5 Å². The number of rotatable bonds is 4. The normalized spacial score (nSPS) is 18.0. The van der Waals surface area contributed by atoms with E-state index in [-0.39, 0.29) is 11.7 Å². The number of hydrogen-bond acceptors (Lipinski definition) is 5. The molecule has 1 atom stereocenters. The van der Waals surface area contributed by atoms with Crippen LogP contribution in [0, 0.1) is 0 Å². The number of fused-ring (bicyclic) bond motifs is 1. The second kappa shape index (κ2) is 7.32. The molecule has 0 radical (unpaired) electrons. The van der Waals surface area contributed by atoms with E-state index in [9.17, 15) is 9.59 Å². The molecule has 1 aliphatic carbocycles. The molecule has 0 spiro atoms. The van der Waals surface area contributed by atoms with E-state index in [0.717, 1.165) is 5.35 Å². The van der Waals surface area contributed by atoms with Crippen LogP contribution in [0.5, 0.6) is 0 Å². The lowest BCUT2D eigenvalue weighted by molar-refractivity contribution is -0.116. The maximum Gasteiger partial charge on any atom is 0.286 e. The van der Waals surface area contributed by atoms with E-state index < -0.39 is 11.8 Å². The first-order valence-electron chi connectivity index (χ1n) is 9.46. The molecule has 8 nitrogen and oxygen atoms in total. The Morgan fingerprint density at radius 2 is 1.53 bits per heavy atom. The van der Waals surface area contributed by atoms with Crippen LogP contribution in [0.4, 0.5) is 11.4 Å². The van der Waals surface area contributed by atoms with Crippen LogP contribution in [0.3, 0.4) is 0 Å². The van der Waals surface area contributed by atoms with Crippen molar-refractivity contribution in [3.8, 4) is 0 Å². The Bertz CT molecular complexity index is 1190. The molecule has 3 aromatic rings. The number of nitrogens with one attached hydrogen (secondary N) is 1. The highest BCUT2D eigenvalue weighted by molar-refractivity contribution is 6.35. The highest BCUT2D eigenvalue weighted by Gasteiger charge is 2.43. The smallest absolute Gasteiger partial charge is 0.286 e. The van der Waals surface area contributed by atoms with Crippen molar-refractivity contribution in [2.24, 2.45) is 0 Å². The fourth-order valence-electron chi connectivity index (χ4n) is 3.45. The highest BCUT2D eigenvalue weighted by atomic mass is 16.5. The first kappa shape index (κ1) is 17.9. The Morgan fingerprint density at radius 3 is 2.13 bits per heavy atom. The molecule has 2 heterocycles. The van der Waals surface area contributed by atoms with E-state index in [1.807, 2.05) is 48.6 Å². The van der Waals surface area contributed by atoms with Crippen LogP contribution in [-0.2, 0) is 14.3 Å². The molecule has 2 aromatic carbocycles. The summed E-state index contributed by atoms with van der Waals surface area (Å²) in [6, 6.07) is 18.1. The Balaban J connectivity index is 1.49. The van der Waals surface area contributed by atoms with Crippen LogP contribution in [0.15, 0.2) is 72.5 Å². The Labute approximate surface area is 171 Å². The molecule has 1 aromatic heterocycles. The molecule has 2 amide bonds. The molecule has 30 heavy (non-hydrogen) atoms. The van der Waals surface area contributed by atoms with Crippen LogP contribution in [0.1, 0.15) is 6.42 Å². The average molecular weight is 399 g/mol. The van der Waals surface area contributed by atoms with Crippen molar-refractivity contribution in [3.05, 3.63) is 83.2 Å². The summed E-state index contributed by atoms with van der Waals surface area (Å²) in [4.78, 5) is 26.4. The summed E-state index contributed by atoms with van der Waals surface area (Å²) in [6.45, 7) is 0. The van der Waals surface area contributed by atoms with E-state index in [0.29, 0.717) is 23.1 Å². The molecular weight excluding hydrogens is 382 g/mol. The van der Waals surface area contributed by atoms with Gasteiger partial charge in [0.2, 0.25) is 0 Å². The number of amides is 2. The number of para-hydroxylation sites is 2. The topological polar surface area (TPSA) is 91.4 Å². The quantitative estimate of drug-likeness (QED) is 0.402. The zero-order chi connectivity index (χ0) is 20.5. The van der Waals surface area contributed by atoms with Crippen LogP contribution in [0.25, 0.3) is 12.2 Å². The van der Waals surface area contributed by atoms with Gasteiger partial charge in [0, 0.05) is 6.42 Å². The molecule has 148 valence electrons. The SMILES string of the molecule is O=C1C(=COC2C=c3nn[nH]c3=CC2)C(=O)N(c2ccccc2)N1c1ccccc1. The van der Waals surface area contributed by atoms with Gasteiger partial charge in [0.1, 0.15) is 23.3 Å². The molecule has 1 saturated heterocycles. The molecule has 1 aliphatic heterocycles. The average Bonchev–Trinajstić information content (AvgIpc) is 3.35. The molecule has 1 fully saturated rings. The third-order valence-electron chi connectivity index (χ3n) is 4.91. The van der Waals surface area contributed by atoms with Crippen LogP contribution in [0.2, 0.25) is 0 Å². The summed E-state index contributed by atoms with van der Waals surface area (Å²) in [5.41, 5.74) is 1.14. The summed E-state index contributed by atoms with van der Waals surface area (Å²) in [7, 11) is 0. The Hall–Kier alpha value is -4.20. The van der Waals surface area contributed by atoms with Gasteiger partial charge in [0.05, 0.1) is 16.7 Å². The van der Waals surface area contributed by atoms with Crippen molar-refractivity contribution in [2.75, 3.05) is 10.0 Å². The van der Waals surface area contributed by atoms with Crippen molar-refractivity contribution in [1.29, 1.82) is 0 Å². The number of aromatic amines is 1. The largest absolute Gasteiger partial charge is 0.493 e. The number of hydrogen-bond donors (Lipinski definition) is 1. The molecule has 8 heteroatoms. The van der Waals surface area contributed by atoms with Gasteiger partial charge < -0.3 is 4.74 Å². The monoisotopic (exact) mass is 399 g/mol. The minimum Gasteiger partial charge on any atom is -0.493 e. The first-order valence-corrected chi connectivity index (χ1v) is 9.46. The molecule has 1 N–H and O–H groups in total. The molecule has 0 bridgehead atoms. The summed E-state index contributed by atoms with van der Waals surface area (Å²) >= 11 is 0. The zero-order valence-electron chi connectivity index (χ0n) is 15.8. The van der Waals surface area contributed by atoms with Gasteiger partial charge in [-0.15, -0.1) is 5.10 Å². The van der Waals surface area contributed by atoms with E-state index in [1.54, 1.807) is 24.3 Å². The first-order chi connectivity index (χ1) is 14.7. The summed E-state index contributed by atoms with van der Waals surface area (Å²) in [6.07, 6.45) is 5.22. The number of benzene rings is 2. The Kier molecular flexibility index (Phi) is 4.36. The maximum absolute atomic E-state index is 13.2. The highest BCUT2D eigenvalue weighted by Crippen LogP contribution is 2.31. The summed E-state index contributed by atoms with van der Waals surface area (Å²) < 4.78 is 5.78. The van der Waals surface area contributed by atoms with E-state index in [1.165, 1.54) is 16.3 Å². The number of carbonyl (C=O) groups is 2. The van der Waals surface area contributed by atoms with Gasteiger partial charge in [0.15, 0.2) is 0 Å². The minimum atomic E-state index is -0.447. The van der Waals surface area contributed by atoms with Crippen molar-refractivity contribution in [1.82, 2.24) is 15.4 Å². The van der Waals surface area contributed by atoms with Gasteiger partial charge in [-0.2, -0.15) is 0 Å². The third-order valence-corrected chi connectivity index (χ3v) is 4.91. The summed E-state index contributed by atoms with van der Waals surface area (Å²) in [5.74, 6) is -0.895. The lowest BCUT2D eigenvalue weighted by Gasteiger charge is -2.27. The Morgan fingerprint density at radius 1 is 0.933 bits per heavy atom. The van der Waals surface area contributed by atoms with E-state index in [4.69, 9.17) is 4.74 Å². The summed E-state index contributed by atoms with van der Waals surface area (Å²) in [5, 5.41) is 14.8. The van der Waals surface area contributed by atoms with Crippen molar-refractivity contribution < 1.29 is 14.3 Å². The number of anilines is 2. The second-order valence-corrected chi connectivity index (χ2v) is 6.83. The molecule has 0 saturated carbocycles. The fraction of sp³-hybridized carbons (Fsp3) is 0.0909. The van der Waals surface area contributed by atoms with Gasteiger partial charge in [-0.25, -0.2) is 10.0 Å². The van der Waals surface area contributed by atoms with Crippen LogP contribution in [-0.4, -0.2) is 33.3 Å². The van der Waals surface area contributed by atoms with Gasteiger partial charge in [-0.1, -0.05) is 47.7 Å². The number of H-pyrrole nitrogens is 1. The number of ether oxygens (including phenoxy) is 1. The van der Waals surface area contributed by atoms with Gasteiger partial charge in [-0.3, -0.25) is 14.7 Å². The molecule has 2 aliphatic rings. The van der Waals surface area contributed by atoms with Crippen LogP contribution >= 0.6 is 0 Å². The number of aromatic nitrogens is 3. The molecule has 5 rings (SSSR count). The third kappa shape index (κ3) is 3.04.